The Labute approximate surface area is 143 Å². The minimum Gasteiger partial charge on any atom is -0.399 e. The molecule has 0 spiro atoms. The van der Waals surface area contributed by atoms with Crippen molar-refractivity contribution in [1.29, 1.82) is 0 Å². The third-order valence-corrected chi connectivity index (χ3v) is 5.80. The van der Waals surface area contributed by atoms with Gasteiger partial charge in [0.15, 0.2) is 0 Å². The van der Waals surface area contributed by atoms with Crippen LogP contribution in [0.15, 0.2) is 24.3 Å². The van der Waals surface area contributed by atoms with Crippen molar-refractivity contribution in [2.24, 2.45) is 0 Å². The molecule has 2 rings (SSSR count). The van der Waals surface area contributed by atoms with E-state index in [9.17, 15) is 13.2 Å². The number of nitrogen functional groups attached to an aromatic ring is 1. The molecule has 0 aliphatic carbocycles. The third kappa shape index (κ3) is 5.67. The van der Waals surface area contributed by atoms with Gasteiger partial charge in [0.2, 0.25) is 15.9 Å². The summed E-state index contributed by atoms with van der Waals surface area (Å²) in [6, 6.07) is 7.27. The van der Waals surface area contributed by atoms with Crippen LogP contribution in [0.2, 0.25) is 0 Å². The van der Waals surface area contributed by atoms with Gasteiger partial charge in [-0.1, -0.05) is 12.1 Å². The van der Waals surface area contributed by atoms with Crippen molar-refractivity contribution in [3.05, 3.63) is 29.8 Å². The number of nitrogens with one attached hydrogen (secondary N) is 1. The number of benzene rings is 1. The van der Waals surface area contributed by atoms with Crippen LogP contribution in [-0.4, -0.2) is 43.5 Å². The monoisotopic (exact) mass is 361 g/mol. The quantitative estimate of drug-likeness (QED) is 0.770. The van der Waals surface area contributed by atoms with E-state index in [4.69, 9.17) is 5.73 Å². The first kappa shape index (κ1) is 19.7. The summed E-state index contributed by atoms with van der Waals surface area (Å²) in [6.07, 6.45) is 1.63. The minimum absolute atomic E-state index is 0. The van der Waals surface area contributed by atoms with Crippen LogP contribution >= 0.6 is 12.4 Å². The van der Waals surface area contributed by atoms with Crippen LogP contribution in [-0.2, 0) is 21.2 Å². The lowest BCUT2D eigenvalue weighted by molar-refractivity contribution is -0.121. The normalized spacial score (nSPS) is 16.6. The highest BCUT2D eigenvalue weighted by atomic mass is 35.5. The van der Waals surface area contributed by atoms with Gasteiger partial charge in [0.05, 0.1) is 12.2 Å². The molecule has 1 fully saturated rings. The number of amides is 1. The van der Waals surface area contributed by atoms with Gasteiger partial charge < -0.3 is 11.1 Å². The van der Waals surface area contributed by atoms with Crippen LogP contribution < -0.4 is 11.1 Å². The van der Waals surface area contributed by atoms with Crippen molar-refractivity contribution in [2.75, 3.05) is 24.6 Å². The average Bonchev–Trinajstić information content (AvgIpc) is 2.50. The largest absolute Gasteiger partial charge is 0.399 e. The Morgan fingerprint density at radius 1 is 1.26 bits per heavy atom. The molecule has 1 saturated heterocycles. The molecule has 0 bridgehead atoms. The van der Waals surface area contributed by atoms with Crippen LogP contribution in [0.1, 0.15) is 25.3 Å². The Morgan fingerprint density at radius 2 is 1.83 bits per heavy atom. The maximum Gasteiger partial charge on any atom is 0.224 e. The fraction of sp³-hybridized carbons (Fsp3) is 0.533. The van der Waals surface area contributed by atoms with Gasteiger partial charge >= 0.3 is 0 Å². The summed E-state index contributed by atoms with van der Waals surface area (Å²) >= 11 is 0. The summed E-state index contributed by atoms with van der Waals surface area (Å²) in [5.41, 5.74) is 7.20. The number of hydrogen-bond acceptors (Lipinski definition) is 4. The fourth-order valence-corrected chi connectivity index (χ4v) is 3.69. The molecule has 3 N–H and O–H groups in total. The molecule has 0 aromatic heterocycles. The van der Waals surface area contributed by atoms with Crippen molar-refractivity contribution < 1.29 is 13.2 Å². The Bertz CT molecular complexity index is 611. The number of carbonyl (C=O) groups excluding carboxylic acids is 1. The summed E-state index contributed by atoms with van der Waals surface area (Å²) in [6.45, 7) is 2.60. The number of anilines is 1. The summed E-state index contributed by atoms with van der Waals surface area (Å²) in [5.74, 6) is 0.0859. The number of carbonyl (C=O) groups is 1. The molecule has 1 amide bonds. The first-order chi connectivity index (χ1) is 10.4. The molecule has 0 radical (unpaired) electrons. The molecule has 1 heterocycles. The Hall–Kier alpha value is -1.31. The fourth-order valence-electron chi connectivity index (χ4n) is 2.56. The second kappa shape index (κ2) is 8.52. The number of nitrogens with two attached hydrogens (primary N) is 1. The Balaban J connectivity index is 0.00000264. The van der Waals surface area contributed by atoms with Crippen molar-refractivity contribution in [1.82, 2.24) is 9.62 Å². The lowest BCUT2D eigenvalue weighted by Gasteiger charge is -2.31. The van der Waals surface area contributed by atoms with Gasteiger partial charge in [0.25, 0.3) is 0 Å². The second-order valence-electron chi connectivity index (χ2n) is 5.56. The van der Waals surface area contributed by atoms with Gasteiger partial charge in [-0.3, -0.25) is 4.79 Å². The zero-order valence-corrected chi connectivity index (χ0v) is 14.8. The summed E-state index contributed by atoms with van der Waals surface area (Å²) in [7, 11) is -3.12. The smallest absolute Gasteiger partial charge is 0.224 e. The molecular weight excluding hydrogens is 338 g/mol. The van der Waals surface area contributed by atoms with Crippen LogP contribution in [0.4, 0.5) is 5.69 Å². The van der Waals surface area contributed by atoms with Crippen molar-refractivity contribution in [3.8, 4) is 0 Å². The van der Waals surface area contributed by atoms with Gasteiger partial charge in [-0.25, -0.2) is 12.7 Å². The molecule has 0 unspecified atom stereocenters. The standard InChI is InChI=1S/C15H23N3O3S.ClH/c1-2-22(20,21)18-9-7-14(8-10-18)17-15(19)11-12-3-5-13(16)6-4-12;/h3-6,14H,2,7-11,16H2,1H3,(H,17,19);1H. The third-order valence-electron chi connectivity index (χ3n) is 3.92. The number of nitrogens with zero attached hydrogens (tertiary/aromatic N) is 1. The predicted octanol–water partition coefficient (Wildman–Crippen LogP) is 1.16. The molecule has 1 aromatic rings. The zero-order chi connectivity index (χ0) is 16.2. The molecular formula is C15H24ClN3O3S. The van der Waals surface area contributed by atoms with E-state index in [1.54, 1.807) is 19.1 Å². The first-order valence-electron chi connectivity index (χ1n) is 7.52. The van der Waals surface area contributed by atoms with E-state index in [1.165, 1.54) is 4.31 Å². The number of piperidine rings is 1. The van der Waals surface area contributed by atoms with E-state index in [0.29, 0.717) is 38.0 Å². The molecule has 130 valence electrons. The lowest BCUT2D eigenvalue weighted by Crippen LogP contribution is -2.47. The molecule has 23 heavy (non-hydrogen) atoms. The van der Waals surface area contributed by atoms with Gasteiger partial charge in [-0.15, -0.1) is 12.4 Å². The highest BCUT2D eigenvalue weighted by Crippen LogP contribution is 2.15. The Morgan fingerprint density at radius 3 is 2.35 bits per heavy atom. The molecule has 0 atom stereocenters. The SMILES string of the molecule is CCS(=O)(=O)N1CCC(NC(=O)Cc2ccc(N)cc2)CC1.Cl. The van der Waals surface area contributed by atoms with Gasteiger partial charge in [-0.05, 0) is 37.5 Å². The highest BCUT2D eigenvalue weighted by Gasteiger charge is 2.27. The van der Waals surface area contributed by atoms with E-state index in [-0.39, 0.29) is 30.1 Å². The van der Waals surface area contributed by atoms with Crippen LogP contribution in [0.25, 0.3) is 0 Å². The summed E-state index contributed by atoms with van der Waals surface area (Å²) in [5, 5.41) is 2.98. The van der Waals surface area contributed by atoms with E-state index in [2.05, 4.69) is 5.32 Å². The van der Waals surface area contributed by atoms with E-state index >= 15 is 0 Å². The molecule has 1 aliphatic heterocycles. The van der Waals surface area contributed by atoms with Gasteiger partial charge in [-0.2, -0.15) is 0 Å². The molecule has 8 heteroatoms. The van der Waals surface area contributed by atoms with E-state index < -0.39 is 10.0 Å². The van der Waals surface area contributed by atoms with Crippen LogP contribution in [0, 0.1) is 0 Å². The molecule has 0 saturated carbocycles. The number of hydrogen-bond donors (Lipinski definition) is 2. The van der Waals surface area contributed by atoms with E-state index in [1.807, 2.05) is 12.1 Å². The number of halogens is 1. The average molecular weight is 362 g/mol. The second-order valence-corrected chi connectivity index (χ2v) is 7.82. The molecule has 1 aromatic carbocycles. The molecule has 1 aliphatic rings. The number of rotatable bonds is 5. The summed E-state index contributed by atoms with van der Waals surface area (Å²) in [4.78, 5) is 12.0. The number of sulfonamides is 1. The zero-order valence-electron chi connectivity index (χ0n) is 13.2. The van der Waals surface area contributed by atoms with E-state index in [0.717, 1.165) is 5.56 Å². The highest BCUT2D eigenvalue weighted by molar-refractivity contribution is 7.89. The maximum absolute atomic E-state index is 12.0. The maximum atomic E-state index is 12.0. The van der Waals surface area contributed by atoms with Gasteiger partial charge in [0, 0.05) is 24.8 Å². The molecule has 6 nitrogen and oxygen atoms in total. The lowest BCUT2D eigenvalue weighted by atomic mass is 10.1. The predicted molar refractivity (Wildman–Crippen MR) is 94.0 cm³/mol. The van der Waals surface area contributed by atoms with Gasteiger partial charge in [0.1, 0.15) is 0 Å². The van der Waals surface area contributed by atoms with Crippen LogP contribution in [0.3, 0.4) is 0 Å². The van der Waals surface area contributed by atoms with Crippen LogP contribution in [0.5, 0.6) is 0 Å². The van der Waals surface area contributed by atoms with Crippen molar-refractivity contribution in [2.45, 2.75) is 32.2 Å². The Kier molecular flexibility index (Phi) is 7.31. The summed E-state index contributed by atoms with van der Waals surface area (Å²) < 4.78 is 25.1. The minimum atomic E-state index is -3.12. The first-order valence-corrected chi connectivity index (χ1v) is 9.13. The van der Waals surface area contributed by atoms with Crippen molar-refractivity contribution in [3.63, 3.8) is 0 Å². The topological polar surface area (TPSA) is 92.5 Å². The van der Waals surface area contributed by atoms with Crippen molar-refractivity contribution >= 4 is 34.0 Å².